The standard InChI is InChI=1S/C11H14N2O3/c14-13(15)10-6-3-7-12-11(10)16-8-9-4-1-2-5-9/h3,6-7,9H,1-2,4-5,8H2. The predicted molar refractivity (Wildman–Crippen MR) is 58.3 cm³/mol. The maximum Gasteiger partial charge on any atom is 0.330 e. The second kappa shape index (κ2) is 4.92. The molecule has 0 atom stereocenters. The van der Waals surface area contributed by atoms with E-state index >= 15 is 0 Å². The third-order valence-corrected chi connectivity index (χ3v) is 2.88. The monoisotopic (exact) mass is 222 g/mol. The molecule has 5 heteroatoms. The Morgan fingerprint density at radius 1 is 1.50 bits per heavy atom. The van der Waals surface area contributed by atoms with Crippen LogP contribution >= 0.6 is 0 Å². The summed E-state index contributed by atoms with van der Waals surface area (Å²) < 4.78 is 5.43. The molecule has 2 rings (SSSR count). The topological polar surface area (TPSA) is 65.3 Å². The lowest BCUT2D eigenvalue weighted by Gasteiger charge is -2.10. The van der Waals surface area contributed by atoms with Crippen LogP contribution in [0.25, 0.3) is 0 Å². The van der Waals surface area contributed by atoms with Gasteiger partial charge in [-0.25, -0.2) is 4.98 Å². The van der Waals surface area contributed by atoms with Gasteiger partial charge in [-0.05, 0) is 24.8 Å². The van der Waals surface area contributed by atoms with E-state index in [1.54, 1.807) is 6.07 Å². The molecule has 1 fully saturated rings. The van der Waals surface area contributed by atoms with Crippen LogP contribution in [0.1, 0.15) is 25.7 Å². The lowest BCUT2D eigenvalue weighted by molar-refractivity contribution is -0.386. The molecule has 1 aliphatic carbocycles. The molecule has 0 N–H and O–H groups in total. The Balaban J connectivity index is 2.00. The second-order valence-corrected chi connectivity index (χ2v) is 4.05. The first kappa shape index (κ1) is 10.9. The van der Waals surface area contributed by atoms with Crippen LogP contribution in [-0.4, -0.2) is 16.5 Å². The van der Waals surface area contributed by atoms with Crippen LogP contribution in [0.5, 0.6) is 5.88 Å². The number of pyridine rings is 1. The Labute approximate surface area is 93.6 Å². The quantitative estimate of drug-likeness (QED) is 0.580. The maximum absolute atomic E-state index is 10.7. The zero-order valence-corrected chi connectivity index (χ0v) is 8.96. The van der Waals surface area contributed by atoms with Crippen molar-refractivity contribution in [1.82, 2.24) is 4.98 Å². The molecule has 0 amide bonds. The fraction of sp³-hybridized carbons (Fsp3) is 0.545. The van der Waals surface area contributed by atoms with Crippen LogP contribution in [0.2, 0.25) is 0 Å². The molecular weight excluding hydrogens is 208 g/mol. The fourth-order valence-corrected chi connectivity index (χ4v) is 2.01. The first-order valence-electron chi connectivity index (χ1n) is 5.49. The van der Waals surface area contributed by atoms with Gasteiger partial charge in [-0.15, -0.1) is 0 Å². The molecule has 1 saturated carbocycles. The summed E-state index contributed by atoms with van der Waals surface area (Å²) in [5, 5.41) is 10.7. The molecule has 1 heterocycles. The average molecular weight is 222 g/mol. The average Bonchev–Trinajstić information content (AvgIpc) is 2.79. The molecule has 1 aromatic heterocycles. The molecule has 0 radical (unpaired) electrons. The zero-order chi connectivity index (χ0) is 11.4. The molecule has 86 valence electrons. The normalized spacial score (nSPS) is 16.2. The van der Waals surface area contributed by atoms with Gasteiger partial charge in [0.2, 0.25) is 0 Å². The summed E-state index contributed by atoms with van der Waals surface area (Å²) >= 11 is 0. The molecule has 1 aromatic rings. The molecule has 1 aliphatic rings. The smallest absolute Gasteiger partial charge is 0.330 e. The molecule has 0 spiro atoms. The van der Waals surface area contributed by atoms with Crippen molar-refractivity contribution >= 4 is 5.69 Å². The van der Waals surface area contributed by atoms with Gasteiger partial charge in [0, 0.05) is 12.3 Å². The van der Waals surface area contributed by atoms with Gasteiger partial charge in [-0.2, -0.15) is 0 Å². The van der Waals surface area contributed by atoms with E-state index in [4.69, 9.17) is 4.74 Å². The van der Waals surface area contributed by atoms with Gasteiger partial charge in [0.25, 0.3) is 5.88 Å². The van der Waals surface area contributed by atoms with Gasteiger partial charge < -0.3 is 4.74 Å². The summed E-state index contributed by atoms with van der Waals surface area (Å²) in [5.74, 6) is 0.668. The van der Waals surface area contributed by atoms with Crippen molar-refractivity contribution in [1.29, 1.82) is 0 Å². The minimum Gasteiger partial charge on any atom is -0.473 e. The number of hydrogen-bond donors (Lipinski definition) is 0. The molecule has 0 aromatic carbocycles. The molecular formula is C11H14N2O3. The molecule has 0 bridgehead atoms. The summed E-state index contributed by atoms with van der Waals surface area (Å²) in [6, 6.07) is 2.96. The summed E-state index contributed by atoms with van der Waals surface area (Å²) in [7, 11) is 0. The zero-order valence-electron chi connectivity index (χ0n) is 8.96. The van der Waals surface area contributed by atoms with Crippen LogP contribution < -0.4 is 4.74 Å². The van der Waals surface area contributed by atoms with Gasteiger partial charge in [0.05, 0.1) is 11.5 Å². The van der Waals surface area contributed by atoms with E-state index < -0.39 is 4.92 Å². The van der Waals surface area contributed by atoms with E-state index in [-0.39, 0.29) is 11.6 Å². The number of rotatable bonds is 4. The predicted octanol–water partition coefficient (Wildman–Crippen LogP) is 2.56. The van der Waals surface area contributed by atoms with Crippen molar-refractivity contribution in [3.8, 4) is 5.88 Å². The van der Waals surface area contributed by atoms with Crippen molar-refractivity contribution in [2.45, 2.75) is 25.7 Å². The number of hydrogen-bond acceptors (Lipinski definition) is 4. The lowest BCUT2D eigenvalue weighted by atomic mass is 10.1. The number of aromatic nitrogens is 1. The maximum atomic E-state index is 10.7. The Bertz CT molecular complexity index is 375. The van der Waals surface area contributed by atoms with Crippen molar-refractivity contribution in [2.75, 3.05) is 6.61 Å². The van der Waals surface area contributed by atoms with E-state index in [1.165, 1.54) is 25.1 Å². The highest BCUT2D eigenvalue weighted by atomic mass is 16.6. The second-order valence-electron chi connectivity index (χ2n) is 4.05. The summed E-state index contributed by atoms with van der Waals surface area (Å²) in [6.07, 6.45) is 6.29. The van der Waals surface area contributed by atoms with Gasteiger partial charge in [0.15, 0.2) is 0 Å². The highest BCUT2D eigenvalue weighted by Gasteiger charge is 2.19. The third kappa shape index (κ3) is 2.48. The summed E-state index contributed by atoms with van der Waals surface area (Å²) in [4.78, 5) is 14.1. The SMILES string of the molecule is O=[N+]([O-])c1cccnc1OCC1CCCC1. The van der Waals surface area contributed by atoms with E-state index in [0.29, 0.717) is 12.5 Å². The lowest BCUT2D eigenvalue weighted by Crippen LogP contribution is -2.10. The Kier molecular flexibility index (Phi) is 3.34. The van der Waals surface area contributed by atoms with Crippen LogP contribution in [-0.2, 0) is 0 Å². The van der Waals surface area contributed by atoms with E-state index in [0.717, 1.165) is 12.8 Å². The summed E-state index contributed by atoms with van der Waals surface area (Å²) in [5.41, 5.74) is -0.0551. The fourth-order valence-electron chi connectivity index (χ4n) is 2.01. The number of nitrogens with zero attached hydrogens (tertiary/aromatic N) is 2. The van der Waals surface area contributed by atoms with Crippen LogP contribution in [0.15, 0.2) is 18.3 Å². The van der Waals surface area contributed by atoms with Gasteiger partial charge in [0.1, 0.15) is 0 Å². The minimum absolute atomic E-state index is 0.0551. The first-order chi connectivity index (χ1) is 7.77. The van der Waals surface area contributed by atoms with Crippen molar-refractivity contribution < 1.29 is 9.66 Å². The Hall–Kier alpha value is -1.65. The minimum atomic E-state index is -0.461. The van der Waals surface area contributed by atoms with Crippen LogP contribution in [0.4, 0.5) is 5.69 Å². The molecule has 5 nitrogen and oxygen atoms in total. The van der Waals surface area contributed by atoms with E-state index in [1.807, 2.05) is 0 Å². The molecule has 0 aliphatic heterocycles. The number of ether oxygens (including phenoxy) is 1. The van der Waals surface area contributed by atoms with Gasteiger partial charge >= 0.3 is 5.69 Å². The van der Waals surface area contributed by atoms with Crippen molar-refractivity contribution in [2.24, 2.45) is 5.92 Å². The van der Waals surface area contributed by atoms with Gasteiger partial charge in [-0.3, -0.25) is 10.1 Å². The van der Waals surface area contributed by atoms with Crippen molar-refractivity contribution in [3.63, 3.8) is 0 Å². The highest BCUT2D eigenvalue weighted by molar-refractivity contribution is 5.39. The first-order valence-corrected chi connectivity index (χ1v) is 5.49. The largest absolute Gasteiger partial charge is 0.473 e. The van der Waals surface area contributed by atoms with E-state index in [9.17, 15) is 10.1 Å². The Morgan fingerprint density at radius 3 is 2.94 bits per heavy atom. The van der Waals surface area contributed by atoms with Crippen molar-refractivity contribution in [3.05, 3.63) is 28.4 Å². The summed E-state index contributed by atoms with van der Waals surface area (Å²) in [6.45, 7) is 0.540. The highest BCUT2D eigenvalue weighted by Crippen LogP contribution is 2.28. The van der Waals surface area contributed by atoms with Crippen LogP contribution in [0, 0.1) is 16.0 Å². The van der Waals surface area contributed by atoms with Gasteiger partial charge in [-0.1, -0.05) is 12.8 Å². The Morgan fingerprint density at radius 2 is 2.25 bits per heavy atom. The molecule has 0 saturated heterocycles. The molecule has 16 heavy (non-hydrogen) atoms. The van der Waals surface area contributed by atoms with E-state index in [2.05, 4.69) is 4.98 Å². The third-order valence-electron chi connectivity index (χ3n) is 2.88. The number of nitro groups is 1. The van der Waals surface area contributed by atoms with Crippen LogP contribution in [0.3, 0.4) is 0 Å². The molecule has 0 unspecified atom stereocenters.